The third-order valence-electron chi connectivity index (χ3n) is 3.08. The van der Waals surface area contributed by atoms with Crippen LogP contribution in [0.2, 0.25) is 0 Å². The maximum absolute atomic E-state index is 11.2. The Bertz CT molecular complexity index is 639. The van der Waals surface area contributed by atoms with Crippen LogP contribution < -0.4 is 11.1 Å². The zero-order valence-electron chi connectivity index (χ0n) is 11.9. The van der Waals surface area contributed by atoms with Crippen LogP contribution in [0.25, 0.3) is 11.5 Å². The van der Waals surface area contributed by atoms with Crippen molar-refractivity contribution in [1.29, 1.82) is 0 Å². The van der Waals surface area contributed by atoms with Gasteiger partial charge < -0.3 is 15.5 Å². The lowest BCUT2D eigenvalue weighted by atomic mass is 9.93. The smallest absolute Gasteiger partial charge is 0.248 e. The minimum absolute atomic E-state index is 0.352. The van der Waals surface area contributed by atoms with Gasteiger partial charge in [0.05, 0.1) is 17.5 Å². The number of nitrogens with two attached hydrogens (primary N) is 1. The Labute approximate surface area is 131 Å². The molecular weight excluding hydrogens is 336 g/mol. The van der Waals surface area contributed by atoms with Gasteiger partial charge in [0.2, 0.25) is 17.7 Å². The number of nitrogens with one attached hydrogen (secondary N) is 1. The first kappa shape index (κ1) is 15.7. The summed E-state index contributed by atoms with van der Waals surface area (Å²) in [5, 5.41) is 11.1. The Morgan fingerprint density at radius 1 is 1.38 bits per heavy atom. The molecule has 0 atom stereocenters. The molecule has 1 aromatic carbocycles. The molecule has 0 saturated carbocycles. The third kappa shape index (κ3) is 3.89. The molecule has 0 aliphatic heterocycles. The van der Waals surface area contributed by atoms with Gasteiger partial charge in [0.15, 0.2) is 0 Å². The lowest BCUT2D eigenvalue weighted by Gasteiger charge is -2.20. The lowest BCUT2D eigenvalue weighted by Crippen LogP contribution is -2.40. The molecule has 2 aromatic rings. The van der Waals surface area contributed by atoms with Gasteiger partial charge in [-0.25, -0.2) is 0 Å². The molecule has 0 fully saturated rings. The van der Waals surface area contributed by atoms with E-state index in [0.717, 1.165) is 10.0 Å². The van der Waals surface area contributed by atoms with Gasteiger partial charge in [-0.15, -0.1) is 10.2 Å². The van der Waals surface area contributed by atoms with Crippen LogP contribution >= 0.6 is 15.9 Å². The lowest BCUT2D eigenvalue weighted by molar-refractivity contribution is -0.125. The molecule has 0 bridgehead atoms. The van der Waals surface area contributed by atoms with Crippen molar-refractivity contribution >= 4 is 21.8 Å². The number of primary amides is 1. The summed E-state index contributed by atoms with van der Waals surface area (Å²) in [5.74, 6) is 0.559. The Hall–Kier alpha value is -1.73. The number of rotatable bonds is 6. The summed E-state index contributed by atoms with van der Waals surface area (Å²) in [6, 6.07) is 7.62. The van der Waals surface area contributed by atoms with Crippen molar-refractivity contribution < 1.29 is 9.21 Å². The van der Waals surface area contributed by atoms with E-state index in [1.54, 1.807) is 13.8 Å². The minimum Gasteiger partial charge on any atom is -0.419 e. The molecular formula is C14H17BrN4O2. The first-order valence-corrected chi connectivity index (χ1v) is 7.27. The largest absolute Gasteiger partial charge is 0.419 e. The van der Waals surface area contributed by atoms with Gasteiger partial charge in [-0.1, -0.05) is 12.1 Å². The number of carbonyl (C=O) groups is 1. The third-order valence-corrected chi connectivity index (χ3v) is 3.77. The van der Waals surface area contributed by atoms with Gasteiger partial charge in [0.1, 0.15) is 0 Å². The highest BCUT2D eigenvalue weighted by atomic mass is 79.9. The summed E-state index contributed by atoms with van der Waals surface area (Å²) < 4.78 is 6.49. The van der Waals surface area contributed by atoms with E-state index in [1.165, 1.54) is 0 Å². The Morgan fingerprint density at radius 3 is 2.76 bits per heavy atom. The molecule has 0 aliphatic rings. The van der Waals surface area contributed by atoms with Gasteiger partial charge in [0, 0.05) is 11.0 Å². The topological polar surface area (TPSA) is 94.0 Å². The molecule has 7 heteroatoms. The Kier molecular flexibility index (Phi) is 4.74. The predicted molar refractivity (Wildman–Crippen MR) is 82.1 cm³/mol. The van der Waals surface area contributed by atoms with Crippen LogP contribution in [-0.2, 0) is 11.3 Å². The normalized spacial score (nSPS) is 11.6. The average Bonchev–Trinajstić information content (AvgIpc) is 2.87. The minimum atomic E-state index is -0.620. The molecule has 1 aromatic heterocycles. The van der Waals surface area contributed by atoms with Gasteiger partial charge in [-0.05, 0) is 41.9 Å². The molecule has 6 nitrogen and oxygen atoms in total. The second-order valence-electron chi connectivity index (χ2n) is 5.33. The van der Waals surface area contributed by atoms with Crippen LogP contribution in [0.3, 0.4) is 0 Å². The molecule has 1 heterocycles. The van der Waals surface area contributed by atoms with Crippen molar-refractivity contribution in [3.05, 3.63) is 34.6 Å². The molecule has 0 spiro atoms. The van der Waals surface area contributed by atoms with Crippen molar-refractivity contribution in [3.63, 3.8) is 0 Å². The Balaban J connectivity index is 1.99. The van der Waals surface area contributed by atoms with Gasteiger partial charge >= 0.3 is 0 Å². The highest BCUT2D eigenvalue weighted by molar-refractivity contribution is 9.10. The van der Waals surface area contributed by atoms with Crippen LogP contribution in [0.5, 0.6) is 0 Å². The monoisotopic (exact) mass is 352 g/mol. The number of hydrogen-bond donors (Lipinski definition) is 2. The number of carbonyl (C=O) groups excluding carboxylic acids is 1. The van der Waals surface area contributed by atoms with Crippen molar-refractivity contribution in [2.45, 2.75) is 20.4 Å². The number of halogens is 1. The van der Waals surface area contributed by atoms with E-state index in [0.29, 0.717) is 24.9 Å². The van der Waals surface area contributed by atoms with Crippen LogP contribution in [0.4, 0.5) is 0 Å². The summed E-state index contributed by atoms with van der Waals surface area (Å²) in [7, 11) is 0. The molecule has 112 valence electrons. The maximum atomic E-state index is 11.2. The van der Waals surface area contributed by atoms with Gasteiger partial charge in [-0.3, -0.25) is 4.79 Å². The number of aromatic nitrogens is 2. The van der Waals surface area contributed by atoms with Crippen molar-refractivity contribution in [2.75, 3.05) is 6.54 Å². The zero-order chi connectivity index (χ0) is 15.5. The predicted octanol–water partition coefficient (Wildman–Crippen LogP) is 2.10. The summed E-state index contributed by atoms with van der Waals surface area (Å²) in [6.45, 7) is 4.38. The molecule has 2 rings (SSSR count). The standard InChI is InChI=1S/C14H17BrN4O2/c1-14(2,13(16)20)8-17-7-11-18-19-12(21-11)9-5-3-4-6-10(9)15/h3-6,17H,7-8H2,1-2H3,(H2,16,20). The second kappa shape index (κ2) is 6.36. The second-order valence-corrected chi connectivity index (χ2v) is 6.19. The van der Waals surface area contributed by atoms with E-state index >= 15 is 0 Å². The fraction of sp³-hybridized carbons (Fsp3) is 0.357. The summed E-state index contributed by atoms with van der Waals surface area (Å²) in [6.07, 6.45) is 0. The first-order valence-electron chi connectivity index (χ1n) is 6.48. The van der Waals surface area contributed by atoms with E-state index in [-0.39, 0.29) is 5.91 Å². The van der Waals surface area contributed by atoms with E-state index in [9.17, 15) is 4.79 Å². The number of hydrogen-bond acceptors (Lipinski definition) is 5. The van der Waals surface area contributed by atoms with Crippen LogP contribution in [0.1, 0.15) is 19.7 Å². The number of benzene rings is 1. The molecule has 0 radical (unpaired) electrons. The molecule has 0 unspecified atom stereocenters. The zero-order valence-corrected chi connectivity index (χ0v) is 13.5. The SMILES string of the molecule is CC(C)(CNCc1nnc(-c2ccccc2Br)o1)C(N)=O. The Morgan fingerprint density at radius 2 is 2.10 bits per heavy atom. The summed E-state index contributed by atoms with van der Waals surface area (Å²) in [5.41, 5.74) is 5.53. The molecule has 0 aliphatic carbocycles. The van der Waals surface area contributed by atoms with Crippen LogP contribution in [0, 0.1) is 5.41 Å². The molecule has 0 saturated heterocycles. The number of amides is 1. The highest BCUT2D eigenvalue weighted by Crippen LogP contribution is 2.26. The van der Waals surface area contributed by atoms with E-state index in [4.69, 9.17) is 10.2 Å². The van der Waals surface area contributed by atoms with Gasteiger partial charge in [0.25, 0.3) is 0 Å². The van der Waals surface area contributed by atoms with E-state index < -0.39 is 5.41 Å². The average molecular weight is 353 g/mol. The van der Waals surface area contributed by atoms with Crippen molar-refractivity contribution in [3.8, 4) is 11.5 Å². The fourth-order valence-corrected chi connectivity index (χ4v) is 2.09. The van der Waals surface area contributed by atoms with E-state index in [2.05, 4.69) is 31.4 Å². The highest BCUT2D eigenvalue weighted by Gasteiger charge is 2.24. The fourth-order valence-electron chi connectivity index (χ4n) is 1.64. The molecule has 3 N–H and O–H groups in total. The van der Waals surface area contributed by atoms with Crippen molar-refractivity contribution in [1.82, 2.24) is 15.5 Å². The van der Waals surface area contributed by atoms with Crippen molar-refractivity contribution in [2.24, 2.45) is 11.1 Å². The summed E-state index contributed by atoms with van der Waals surface area (Å²) in [4.78, 5) is 11.2. The van der Waals surface area contributed by atoms with E-state index in [1.807, 2.05) is 24.3 Å². The number of nitrogens with zero attached hydrogens (tertiary/aromatic N) is 2. The quantitative estimate of drug-likeness (QED) is 0.830. The van der Waals surface area contributed by atoms with Gasteiger partial charge in [-0.2, -0.15) is 0 Å². The van der Waals surface area contributed by atoms with Crippen LogP contribution in [-0.4, -0.2) is 22.6 Å². The summed E-state index contributed by atoms with van der Waals surface area (Å²) >= 11 is 3.44. The maximum Gasteiger partial charge on any atom is 0.248 e. The first-order chi connectivity index (χ1) is 9.90. The molecule has 21 heavy (non-hydrogen) atoms. The molecule has 1 amide bonds. The van der Waals surface area contributed by atoms with Crippen LogP contribution in [0.15, 0.2) is 33.2 Å².